The molecule has 0 N–H and O–H groups in total. The van der Waals surface area contributed by atoms with Gasteiger partial charge < -0.3 is 0 Å². The molecular weight excluding hydrogens is 163 g/mol. The molecule has 0 aromatic heterocycles. The highest BCUT2D eigenvalue weighted by Crippen LogP contribution is 2.06. The van der Waals surface area contributed by atoms with E-state index in [-0.39, 0.29) is 10.9 Å². The van der Waals surface area contributed by atoms with Crippen molar-refractivity contribution >= 4 is 19.3 Å². The van der Waals surface area contributed by atoms with Crippen LogP contribution in [0.1, 0.15) is 10.4 Å². The molecule has 4 heteroatoms. The molecule has 0 heterocycles. The van der Waals surface area contributed by atoms with Gasteiger partial charge in [0.05, 0.1) is 5.30 Å². The zero-order chi connectivity index (χ0) is 8.27. The highest BCUT2D eigenvalue weighted by molar-refractivity contribution is 7.40. The van der Waals surface area contributed by atoms with Crippen molar-refractivity contribution in [3.63, 3.8) is 0 Å². The van der Waals surface area contributed by atoms with Crippen molar-refractivity contribution in [3.8, 4) is 0 Å². The van der Waals surface area contributed by atoms with E-state index < -0.39 is 7.68 Å². The molecule has 0 amide bonds. The van der Waals surface area contributed by atoms with E-state index in [0.29, 0.717) is 6.29 Å². The van der Waals surface area contributed by atoms with E-state index in [1.54, 1.807) is 12.1 Å². The Bertz CT molecular complexity index is 333. The predicted molar refractivity (Wildman–Crippen MR) is 39.8 cm³/mol. The molecular formula is C7H5O3P. The van der Waals surface area contributed by atoms with Crippen LogP contribution in [0.15, 0.2) is 24.3 Å². The summed E-state index contributed by atoms with van der Waals surface area (Å²) in [5.41, 5.74) is 0.212. The summed E-state index contributed by atoms with van der Waals surface area (Å²) in [7, 11) is -2.65. The molecule has 0 aliphatic carbocycles. The summed E-state index contributed by atoms with van der Waals surface area (Å²) in [5, 5.41) is 0.0810. The van der Waals surface area contributed by atoms with Crippen molar-refractivity contribution in [2.75, 3.05) is 0 Å². The minimum absolute atomic E-state index is 0.0810. The Labute approximate surface area is 63.9 Å². The summed E-state index contributed by atoms with van der Waals surface area (Å²) in [6, 6.07) is 6.06. The SMILES string of the molecule is O=Cc1ccccc1P(=O)=O. The molecule has 0 spiro atoms. The minimum Gasteiger partial charge on any atom is -0.298 e. The van der Waals surface area contributed by atoms with Gasteiger partial charge in [-0.15, -0.1) is 0 Å². The van der Waals surface area contributed by atoms with Gasteiger partial charge in [-0.3, -0.25) is 4.79 Å². The normalized spacial score (nSPS) is 9.09. The standard InChI is InChI=1S/C7H5O3P/c8-5-6-3-1-2-4-7(6)11(9)10/h1-5H. The molecule has 1 aromatic carbocycles. The van der Waals surface area contributed by atoms with Gasteiger partial charge in [-0.25, -0.2) is 9.13 Å². The molecule has 0 unspecified atom stereocenters. The van der Waals surface area contributed by atoms with E-state index in [1.165, 1.54) is 12.1 Å². The Morgan fingerprint density at radius 3 is 2.27 bits per heavy atom. The molecule has 0 bridgehead atoms. The predicted octanol–water partition coefficient (Wildman–Crippen LogP) is 1.30. The average Bonchev–Trinajstić information content (AvgIpc) is 2.04. The number of benzene rings is 1. The van der Waals surface area contributed by atoms with Crippen LogP contribution in [0, 0.1) is 0 Å². The maximum absolute atomic E-state index is 10.5. The van der Waals surface area contributed by atoms with Gasteiger partial charge >= 0.3 is 7.68 Å². The first-order chi connectivity index (χ1) is 5.25. The summed E-state index contributed by atoms with van der Waals surface area (Å²) >= 11 is 0. The van der Waals surface area contributed by atoms with E-state index in [2.05, 4.69) is 0 Å². The largest absolute Gasteiger partial charge is 0.349 e. The molecule has 0 aliphatic heterocycles. The van der Waals surface area contributed by atoms with Crippen molar-refractivity contribution in [3.05, 3.63) is 29.8 Å². The number of rotatable bonds is 2. The average molecular weight is 168 g/mol. The molecule has 11 heavy (non-hydrogen) atoms. The van der Waals surface area contributed by atoms with Crippen LogP contribution in [0.3, 0.4) is 0 Å². The second-order valence-electron chi connectivity index (χ2n) is 1.93. The van der Waals surface area contributed by atoms with Gasteiger partial charge in [-0.05, 0) is 6.07 Å². The lowest BCUT2D eigenvalue weighted by Gasteiger charge is -1.90. The van der Waals surface area contributed by atoms with E-state index in [0.717, 1.165) is 0 Å². The lowest BCUT2D eigenvalue weighted by Crippen LogP contribution is -2.00. The number of hydrogen-bond acceptors (Lipinski definition) is 3. The Morgan fingerprint density at radius 1 is 1.18 bits per heavy atom. The maximum atomic E-state index is 10.5. The molecule has 1 rings (SSSR count). The van der Waals surface area contributed by atoms with Crippen LogP contribution in [0.25, 0.3) is 0 Å². The fraction of sp³-hybridized carbons (Fsp3) is 0. The van der Waals surface area contributed by atoms with Crippen molar-refractivity contribution in [1.29, 1.82) is 0 Å². The quantitative estimate of drug-likeness (QED) is 0.494. The van der Waals surface area contributed by atoms with Crippen molar-refractivity contribution < 1.29 is 13.9 Å². The highest BCUT2D eigenvalue weighted by Gasteiger charge is 2.03. The first-order valence-electron chi connectivity index (χ1n) is 2.94. The van der Waals surface area contributed by atoms with Crippen molar-refractivity contribution in [2.45, 2.75) is 0 Å². The lowest BCUT2D eigenvalue weighted by molar-refractivity contribution is 0.112. The summed E-state index contributed by atoms with van der Waals surface area (Å²) in [6.07, 6.45) is 0.528. The van der Waals surface area contributed by atoms with Crippen LogP contribution < -0.4 is 5.30 Å². The smallest absolute Gasteiger partial charge is 0.298 e. The topological polar surface area (TPSA) is 51.2 Å². The van der Waals surface area contributed by atoms with E-state index in [1.807, 2.05) is 0 Å². The molecule has 0 saturated heterocycles. The fourth-order valence-electron chi connectivity index (χ4n) is 0.753. The van der Waals surface area contributed by atoms with Crippen LogP contribution in [-0.4, -0.2) is 6.29 Å². The van der Waals surface area contributed by atoms with Gasteiger partial charge in [0.2, 0.25) is 0 Å². The highest BCUT2D eigenvalue weighted by atomic mass is 31.1. The molecule has 3 nitrogen and oxygen atoms in total. The Morgan fingerprint density at radius 2 is 1.82 bits per heavy atom. The van der Waals surface area contributed by atoms with Gasteiger partial charge in [-0.2, -0.15) is 0 Å². The van der Waals surface area contributed by atoms with Gasteiger partial charge in [0.25, 0.3) is 0 Å². The summed E-state index contributed by atoms with van der Waals surface area (Å²) in [6.45, 7) is 0. The van der Waals surface area contributed by atoms with Crippen LogP contribution >= 0.6 is 7.68 Å². The molecule has 0 atom stereocenters. The Kier molecular flexibility index (Phi) is 2.34. The van der Waals surface area contributed by atoms with Crippen LogP contribution in [0.4, 0.5) is 0 Å². The lowest BCUT2D eigenvalue weighted by atomic mass is 10.2. The summed E-state index contributed by atoms with van der Waals surface area (Å²) in [5.74, 6) is 0. The summed E-state index contributed by atoms with van der Waals surface area (Å²) in [4.78, 5) is 10.3. The molecule has 0 aliphatic rings. The van der Waals surface area contributed by atoms with Crippen LogP contribution in [0.2, 0.25) is 0 Å². The number of aldehydes is 1. The maximum Gasteiger partial charge on any atom is 0.349 e. The Hall–Kier alpha value is -1.21. The fourth-order valence-corrected chi connectivity index (χ4v) is 1.30. The van der Waals surface area contributed by atoms with Crippen molar-refractivity contribution in [2.24, 2.45) is 0 Å². The van der Waals surface area contributed by atoms with E-state index in [4.69, 9.17) is 0 Å². The van der Waals surface area contributed by atoms with Gasteiger partial charge in [0.15, 0.2) is 6.29 Å². The van der Waals surface area contributed by atoms with Gasteiger partial charge in [0, 0.05) is 5.56 Å². The molecule has 0 saturated carbocycles. The monoisotopic (exact) mass is 168 g/mol. The Balaban J connectivity index is 3.34. The molecule has 56 valence electrons. The number of carbonyl (C=O) groups is 1. The van der Waals surface area contributed by atoms with Crippen LogP contribution in [0.5, 0.6) is 0 Å². The number of carbonyl (C=O) groups excluding carboxylic acids is 1. The second-order valence-corrected chi connectivity index (χ2v) is 2.93. The minimum atomic E-state index is -2.65. The van der Waals surface area contributed by atoms with Crippen LogP contribution in [-0.2, 0) is 9.13 Å². The third kappa shape index (κ3) is 1.63. The summed E-state index contributed by atoms with van der Waals surface area (Å²) < 4.78 is 20.9. The first kappa shape index (κ1) is 7.89. The van der Waals surface area contributed by atoms with E-state index >= 15 is 0 Å². The second kappa shape index (κ2) is 3.26. The number of hydrogen-bond donors (Lipinski definition) is 0. The zero-order valence-electron chi connectivity index (χ0n) is 5.56. The molecule has 0 radical (unpaired) electrons. The molecule has 0 fully saturated rings. The van der Waals surface area contributed by atoms with Crippen molar-refractivity contribution in [1.82, 2.24) is 0 Å². The van der Waals surface area contributed by atoms with Gasteiger partial charge in [-0.1, -0.05) is 18.2 Å². The molecule has 1 aromatic rings. The first-order valence-corrected chi connectivity index (χ1v) is 4.12. The van der Waals surface area contributed by atoms with E-state index in [9.17, 15) is 13.9 Å². The van der Waals surface area contributed by atoms with Gasteiger partial charge in [0.1, 0.15) is 0 Å². The zero-order valence-corrected chi connectivity index (χ0v) is 6.45. The third-order valence-electron chi connectivity index (χ3n) is 1.26. The third-order valence-corrected chi connectivity index (χ3v) is 2.06.